The summed E-state index contributed by atoms with van der Waals surface area (Å²) in [6.07, 6.45) is 32.7. The second-order valence-electron chi connectivity index (χ2n) is 15.4. The van der Waals surface area contributed by atoms with Crippen LogP contribution in [-0.4, -0.2) is 73.0 Å². The van der Waals surface area contributed by atoms with Gasteiger partial charge in [-0.15, -0.1) is 0 Å². The van der Waals surface area contributed by atoms with Crippen LogP contribution in [-0.2, 0) is 19.1 Å². The summed E-state index contributed by atoms with van der Waals surface area (Å²) in [5.74, 6) is 1.16. The number of esters is 1. The molecule has 0 radical (unpaired) electrons. The first kappa shape index (κ1) is 51.7. The van der Waals surface area contributed by atoms with Gasteiger partial charge < -0.3 is 20.3 Å². The van der Waals surface area contributed by atoms with E-state index in [2.05, 4.69) is 50.2 Å². The van der Waals surface area contributed by atoms with Gasteiger partial charge in [0, 0.05) is 24.8 Å². The highest BCUT2D eigenvalue weighted by atomic mass is 32.2. The fourth-order valence-electron chi connectivity index (χ4n) is 6.97. The molecule has 2 N–H and O–H groups in total. The molecule has 0 aromatic rings. The van der Waals surface area contributed by atoms with Crippen LogP contribution in [0.1, 0.15) is 214 Å². The number of nitrogens with one attached hydrogen (secondary N) is 2. The van der Waals surface area contributed by atoms with Crippen LogP contribution in [0.15, 0.2) is 0 Å². The number of nitrogens with zero attached hydrogens (tertiary/aromatic N) is 1. The van der Waals surface area contributed by atoms with E-state index in [4.69, 9.17) is 4.74 Å². The molecule has 2 unspecified atom stereocenters. The van der Waals surface area contributed by atoms with Gasteiger partial charge in [0.1, 0.15) is 6.04 Å². The number of ether oxygens (including phenoxy) is 1. The Bertz CT molecular complexity index is 826. The zero-order chi connectivity index (χ0) is 39.0. The summed E-state index contributed by atoms with van der Waals surface area (Å²) in [6, 6.07) is -0.555. The third kappa shape index (κ3) is 33.8. The molecule has 0 saturated carbocycles. The normalized spacial score (nSPS) is 12.6. The number of hydrogen-bond donors (Lipinski definition) is 2. The average Bonchev–Trinajstić information content (AvgIpc) is 3.16. The van der Waals surface area contributed by atoms with Gasteiger partial charge in [-0.25, -0.2) is 0 Å². The van der Waals surface area contributed by atoms with Crippen LogP contribution in [0.5, 0.6) is 0 Å². The Kier molecular flexibility index (Phi) is 39.4. The van der Waals surface area contributed by atoms with Crippen molar-refractivity contribution < 1.29 is 19.1 Å². The molecule has 314 valence electrons. The zero-order valence-electron chi connectivity index (χ0n) is 35.9. The number of carbonyl (C=O) groups is 3. The maximum Gasteiger partial charge on any atom is 0.306 e. The lowest BCUT2D eigenvalue weighted by molar-refractivity contribution is -0.143. The standard InChI is InChI=1S/C45H89N3O4S/c1-6-11-14-17-20-22-23-25-28-31-38-52-43(49)35-40-53-39-34-42(45(51)46-36-37-48(9-4)10-5)47-44(50)41(32-29-26-19-16-13-8-3)33-30-27-24-21-18-15-12-7-2/h41-42H,6-40H2,1-5H3,(H,46,51)(H,47,50). The molecular formula is C45H89N3O4S. The van der Waals surface area contributed by atoms with Gasteiger partial charge in [-0.2, -0.15) is 11.8 Å². The lowest BCUT2D eigenvalue weighted by atomic mass is 9.93. The van der Waals surface area contributed by atoms with E-state index in [1.165, 1.54) is 128 Å². The summed E-state index contributed by atoms with van der Waals surface area (Å²) in [7, 11) is 0. The third-order valence-electron chi connectivity index (χ3n) is 10.7. The lowest BCUT2D eigenvalue weighted by Gasteiger charge is -2.24. The monoisotopic (exact) mass is 768 g/mol. The van der Waals surface area contributed by atoms with Crippen molar-refractivity contribution in [2.24, 2.45) is 5.92 Å². The Hall–Kier alpha value is -1.28. The second-order valence-corrected chi connectivity index (χ2v) is 16.7. The van der Waals surface area contributed by atoms with E-state index in [9.17, 15) is 14.4 Å². The Balaban J connectivity index is 4.87. The van der Waals surface area contributed by atoms with Crippen LogP contribution in [0.25, 0.3) is 0 Å². The molecule has 0 rings (SSSR count). The molecule has 0 aliphatic rings. The summed E-state index contributed by atoms with van der Waals surface area (Å²) in [6.45, 7) is 14.8. The molecule has 0 fully saturated rings. The van der Waals surface area contributed by atoms with E-state index in [1.54, 1.807) is 11.8 Å². The molecular weight excluding hydrogens is 679 g/mol. The fraction of sp³-hybridized carbons (Fsp3) is 0.933. The highest BCUT2D eigenvalue weighted by molar-refractivity contribution is 7.99. The Morgan fingerprint density at radius 3 is 1.47 bits per heavy atom. The lowest BCUT2D eigenvalue weighted by Crippen LogP contribution is -2.50. The summed E-state index contributed by atoms with van der Waals surface area (Å²) in [5.41, 5.74) is 0. The molecule has 0 aliphatic heterocycles. The molecule has 0 bridgehead atoms. The van der Waals surface area contributed by atoms with E-state index in [0.29, 0.717) is 37.5 Å². The predicted molar refractivity (Wildman–Crippen MR) is 231 cm³/mol. The van der Waals surface area contributed by atoms with E-state index < -0.39 is 6.04 Å². The van der Waals surface area contributed by atoms with E-state index >= 15 is 0 Å². The summed E-state index contributed by atoms with van der Waals surface area (Å²) >= 11 is 1.67. The fourth-order valence-corrected chi connectivity index (χ4v) is 7.88. The maximum atomic E-state index is 13.8. The predicted octanol–water partition coefficient (Wildman–Crippen LogP) is 11.8. The van der Waals surface area contributed by atoms with E-state index in [1.807, 2.05) is 0 Å². The molecule has 2 amide bonds. The number of carbonyl (C=O) groups excluding carboxylic acids is 3. The van der Waals surface area contributed by atoms with Crippen LogP contribution in [0.2, 0.25) is 0 Å². The number of amides is 2. The van der Waals surface area contributed by atoms with Gasteiger partial charge in [-0.1, -0.05) is 182 Å². The number of rotatable bonds is 41. The molecule has 8 heteroatoms. The summed E-state index contributed by atoms with van der Waals surface area (Å²) in [5, 5.41) is 6.33. The third-order valence-corrected chi connectivity index (χ3v) is 11.7. The minimum absolute atomic E-state index is 0.0368. The highest BCUT2D eigenvalue weighted by Crippen LogP contribution is 2.21. The first-order valence-corrected chi connectivity index (χ1v) is 24.1. The summed E-state index contributed by atoms with van der Waals surface area (Å²) < 4.78 is 5.49. The molecule has 0 spiro atoms. The van der Waals surface area contributed by atoms with Crippen molar-refractivity contribution in [2.75, 3.05) is 44.3 Å². The topological polar surface area (TPSA) is 87.7 Å². The van der Waals surface area contributed by atoms with Crippen molar-refractivity contribution in [1.29, 1.82) is 0 Å². The summed E-state index contributed by atoms with van der Waals surface area (Å²) in [4.78, 5) is 41.9. The largest absolute Gasteiger partial charge is 0.466 e. The van der Waals surface area contributed by atoms with Gasteiger partial charge in [0.05, 0.1) is 13.0 Å². The minimum atomic E-state index is -0.555. The van der Waals surface area contributed by atoms with Gasteiger partial charge in [-0.3, -0.25) is 14.4 Å². The van der Waals surface area contributed by atoms with Crippen molar-refractivity contribution in [3.8, 4) is 0 Å². The zero-order valence-corrected chi connectivity index (χ0v) is 36.7. The van der Waals surface area contributed by atoms with Crippen molar-refractivity contribution in [1.82, 2.24) is 15.5 Å². The van der Waals surface area contributed by atoms with Crippen molar-refractivity contribution >= 4 is 29.5 Å². The molecule has 7 nitrogen and oxygen atoms in total. The van der Waals surface area contributed by atoms with Crippen LogP contribution in [0.3, 0.4) is 0 Å². The molecule has 0 aliphatic carbocycles. The van der Waals surface area contributed by atoms with Crippen molar-refractivity contribution in [3.05, 3.63) is 0 Å². The minimum Gasteiger partial charge on any atom is -0.466 e. The van der Waals surface area contributed by atoms with Crippen LogP contribution in [0.4, 0.5) is 0 Å². The van der Waals surface area contributed by atoms with E-state index in [0.717, 1.165) is 58.2 Å². The molecule has 2 atom stereocenters. The van der Waals surface area contributed by atoms with Gasteiger partial charge in [0.15, 0.2) is 0 Å². The highest BCUT2D eigenvalue weighted by Gasteiger charge is 2.25. The number of unbranched alkanes of at least 4 members (excludes halogenated alkanes) is 21. The van der Waals surface area contributed by atoms with Gasteiger partial charge in [0.2, 0.25) is 11.8 Å². The van der Waals surface area contributed by atoms with Crippen molar-refractivity contribution in [3.63, 3.8) is 0 Å². The van der Waals surface area contributed by atoms with Gasteiger partial charge in [0.25, 0.3) is 0 Å². The number of likely N-dealkylation sites (N-methyl/N-ethyl adjacent to an activating group) is 1. The van der Waals surface area contributed by atoms with Gasteiger partial charge in [-0.05, 0) is 44.5 Å². The first-order valence-electron chi connectivity index (χ1n) is 23.0. The molecule has 0 saturated heterocycles. The average molecular weight is 768 g/mol. The molecule has 0 heterocycles. The molecule has 0 aromatic carbocycles. The SMILES string of the molecule is CCCCCCCCCCCCOC(=O)CCSCCC(NC(=O)C(CCCCCCCC)CCCCCCCCCC)C(=O)NCCN(CC)CC. The smallest absolute Gasteiger partial charge is 0.306 e. The van der Waals surface area contributed by atoms with E-state index in [-0.39, 0.29) is 23.7 Å². The first-order chi connectivity index (χ1) is 25.9. The number of hydrogen-bond acceptors (Lipinski definition) is 6. The Morgan fingerprint density at radius 1 is 0.547 bits per heavy atom. The van der Waals surface area contributed by atoms with Gasteiger partial charge >= 0.3 is 5.97 Å². The quantitative estimate of drug-likeness (QED) is 0.0476. The maximum absolute atomic E-state index is 13.8. The number of thioether (sulfide) groups is 1. The van der Waals surface area contributed by atoms with Crippen LogP contribution in [0, 0.1) is 5.92 Å². The van der Waals surface area contributed by atoms with Crippen LogP contribution < -0.4 is 10.6 Å². The molecule has 53 heavy (non-hydrogen) atoms. The Labute approximate surface area is 333 Å². The van der Waals surface area contributed by atoms with Crippen LogP contribution >= 0.6 is 11.8 Å². The second kappa shape index (κ2) is 40.4. The van der Waals surface area contributed by atoms with Crippen molar-refractivity contribution in [2.45, 2.75) is 220 Å². The molecule has 0 aromatic heterocycles. The Morgan fingerprint density at radius 2 is 1.00 bits per heavy atom.